The van der Waals surface area contributed by atoms with Crippen LogP contribution in [-0.2, 0) is 0 Å². The molecule has 2 aliphatic heterocycles. The molecule has 1 fully saturated rings. The van der Waals surface area contributed by atoms with Crippen LogP contribution < -0.4 is 15.0 Å². The predicted molar refractivity (Wildman–Crippen MR) is 95.2 cm³/mol. The first-order valence-electron chi connectivity index (χ1n) is 7.21. The molecule has 2 atom stereocenters. The molecule has 2 aromatic carbocycles. The van der Waals surface area contributed by atoms with E-state index >= 15 is 0 Å². The second-order valence-corrected chi connectivity index (χ2v) is 7.14. The quantitative estimate of drug-likeness (QED) is 0.748. The van der Waals surface area contributed by atoms with Gasteiger partial charge in [0.1, 0.15) is 5.75 Å². The van der Waals surface area contributed by atoms with Crippen molar-refractivity contribution >= 4 is 38.9 Å². The highest BCUT2D eigenvalue weighted by Crippen LogP contribution is 2.45. The molecule has 2 bridgehead atoms. The molecule has 112 valence electrons. The van der Waals surface area contributed by atoms with Gasteiger partial charge in [-0.15, -0.1) is 0 Å². The topological polar surface area (TPSA) is 24.5 Å². The van der Waals surface area contributed by atoms with Gasteiger partial charge in [-0.2, -0.15) is 0 Å². The van der Waals surface area contributed by atoms with E-state index in [1.807, 2.05) is 42.5 Å². The lowest BCUT2D eigenvalue weighted by Gasteiger charge is -2.52. The monoisotopic (exact) mass is 374 g/mol. The molecule has 2 aliphatic rings. The van der Waals surface area contributed by atoms with Gasteiger partial charge in [0.05, 0.1) is 6.04 Å². The molecule has 2 heterocycles. The van der Waals surface area contributed by atoms with Crippen LogP contribution in [0.25, 0.3) is 0 Å². The van der Waals surface area contributed by atoms with Crippen LogP contribution in [-0.4, -0.2) is 10.8 Å². The third-order valence-electron chi connectivity index (χ3n) is 4.27. The van der Waals surface area contributed by atoms with Gasteiger partial charge < -0.3 is 10.1 Å². The van der Waals surface area contributed by atoms with Gasteiger partial charge in [0.15, 0.2) is 10.8 Å². The number of nitrogens with one attached hydrogen (secondary N) is 1. The zero-order valence-corrected chi connectivity index (χ0v) is 14.4. The fraction of sp³-hybridized carbons (Fsp3) is 0.235. The average molecular weight is 375 g/mol. The summed E-state index contributed by atoms with van der Waals surface area (Å²) in [7, 11) is 0. The Labute approximate surface area is 143 Å². The van der Waals surface area contributed by atoms with Crippen LogP contribution in [0.15, 0.2) is 53.0 Å². The standard InChI is InChI=1S/C17H15BrN2OS/c1-17-10-14(13-4-2-3-5-15(13)21-17)19-16(22)20(17)12-8-6-11(18)7-9-12/h2-9,14H,10H2,1H3,(H,19,22). The first-order chi connectivity index (χ1) is 10.6. The van der Waals surface area contributed by atoms with Crippen LogP contribution in [0.1, 0.15) is 24.9 Å². The van der Waals surface area contributed by atoms with Gasteiger partial charge in [-0.3, -0.25) is 4.90 Å². The van der Waals surface area contributed by atoms with Gasteiger partial charge in [0.2, 0.25) is 0 Å². The summed E-state index contributed by atoms with van der Waals surface area (Å²) in [6, 6.07) is 16.5. The number of hydrogen-bond acceptors (Lipinski definition) is 2. The Kier molecular flexibility index (Phi) is 3.16. The van der Waals surface area contributed by atoms with E-state index in [2.05, 4.69) is 39.1 Å². The van der Waals surface area contributed by atoms with E-state index < -0.39 is 5.72 Å². The Hall–Kier alpha value is -1.59. The zero-order valence-electron chi connectivity index (χ0n) is 12.0. The van der Waals surface area contributed by atoms with Crippen molar-refractivity contribution in [2.24, 2.45) is 0 Å². The molecular formula is C17H15BrN2OS. The third kappa shape index (κ3) is 2.11. The van der Waals surface area contributed by atoms with E-state index in [9.17, 15) is 0 Å². The maximum atomic E-state index is 6.34. The summed E-state index contributed by atoms with van der Waals surface area (Å²) in [4.78, 5) is 2.07. The summed E-state index contributed by atoms with van der Waals surface area (Å²) in [6.45, 7) is 2.10. The van der Waals surface area contributed by atoms with Crippen molar-refractivity contribution in [3.05, 3.63) is 58.6 Å². The second kappa shape index (κ2) is 4.96. The maximum Gasteiger partial charge on any atom is 0.188 e. The van der Waals surface area contributed by atoms with Gasteiger partial charge in [0, 0.05) is 22.1 Å². The summed E-state index contributed by atoms with van der Waals surface area (Å²) in [5.41, 5.74) is 1.73. The third-order valence-corrected chi connectivity index (χ3v) is 5.09. The second-order valence-electron chi connectivity index (χ2n) is 5.83. The molecule has 0 saturated carbocycles. The fourth-order valence-electron chi connectivity index (χ4n) is 3.30. The number of anilines is 1. The molecule has 0 aliphatic carbocycles. The molecule has 5 heteroatoms. The van der Waals surface area contributed by atoms with Gasteiger partial charge in [-0.1, -0.05) is 34.1 Å². The van der Waals surface area contributed by atoms with Crippen LogP contribution in [0.4, 0.5) is 5.69 Å². The molecule has 4 rings (SSSR count). The Morgan fingerprint density at radius 1 is 1.23 bits per heavy atom. The summed E-state index contributed by atoms with van der Waals surface area (Å²) in [5, 5.41) is 4.16. The number of ether oxygens (including phenoxy) is 1. The van der Waals surface area contributed by atoms with Gasteiger partial charge >= 0.3 is 0 Å². The average Bonchev–Trinajstić information content (AvgIpc) is 2.48. The van der Waals surface area contributed by atoms with Crippen LogP contribution in [0.3, 0.4) is 0 Å². The molecule has 0 amide bonds. The first-order valence-corrected chi connectivity index (χ1v) is 8.41. The Bertz CT molecular complexity index is 749. The largest absolute Gasteiger partial charge is 0.467 e. The van der Waals surface area contributed by atoms with Crippen LogP contribution >= 0.6 is 28.1 Å². The highest BCUT2D eigenvalue weighted by molar-refractivity contribution is 9.10. The highest BCUT2D eigenvalue weighted by Gasteiger charge is 2.48. The van der Waals surface area contributed by atoms with Gasteiger partial charge in [0.25, 0.3) is 0 Å². The summed E-state index contributed by atoms with van der Waals surface area (Å²) >= 11 is 9.09. The predicted octanol–water partition coefficient (Wildman–Crippen LogP) is 4.38. The smallest absolute Gasteiger partial charge is 0.188 e. The Morgan fingerprint density at radius 3 is 2.73 bits per heavy atom. The number of fused-ring (bicyclic) bond motifs is 4. The van der Waals surface area contributed by atoms with E-state index in [1.165, 1.54) is 5.56 Å². The first kappa shape index (κ1) is 14.0. The molecule has 0 spiro atoms. The van der Waals surface area contributed by atoms with Crippen molar-refractivity contribution in [1.82, 2.24) is 5.32 Å². The molecule has 0 aromatic heterocycles. The maximum absolute atomic E-state index is 6.34. The minimum atomic E-state index is -0.477. The molecular weight excluding hydrogens is 360 g/mol. The van der Waals surface area contributed by atoms with E-state index in [1.54, 1.807) is 0 Å². The van der Waals surface area contributed by atoms with Gasteiger partial charge in [-0.05, 0) is 49.5 Å². The van der Waals surface area contributed by atoms with Crippen LogP contribution in [0, 0.1) is 0 Å². The number of hydrogen-bond donors (Lipinski definition) is 1. The number of nitrogens with zero attached hydrogens (tertiary/aromatic N) is 1. The summed E-state index contributed by atoms with van der Waals surface area (Å²) in [6.07, 6.45) is 0.847. The van der Waals surface area contributed by atoms with Gasteiger partial charge in [-0.25, -0.2) is 0 Å². The molecule has 2 unspecified atom stereocenters. The lowest BCUT2D eigenvalue weighted by Crippen LogP contribution is -2.65. The van der Waals surface area contributed by atoms with E-state index in [-0.39, 0.29) is 6.04 Å². The summed E-state index contributed by atoms with van der Waals surface area (Å²) < 4.78 is 7.39. The molecule has 1 saturated heterocycles. The normalized spacial score (nSPS) is 26.0. The molecule has 22 heavy (non-hydrogen) atoms. The van der Waals surface area contributed by atoms with Crippen molar-refractivity contribution in [3.63, 3.8) is 0 Å². The molecule has 0 radical (unpaired) electrons. The number of rotatable bonds is 1. The van der Waals surface area contributed by atoms with Crippen LogP contribution in [0.2, 0.25) is 0 Å². The van der Waals surface area contributed by atoms with E-state index in [0.717, 1.165) is 22.3 Å². The fourth-order valence-corrected chi connectivity index (χ4v) is 4.01. The minimum absolute atomic E-state index is 0.203. The molecule has 1 N–H and O–H groups in total. The van der Waals surface area contributed by atoms with Crippen molar-refractivity contribution in [2.75, 3.05) is 4.90 Å². The SMILES string of the molecule is CC12CC(NC(=S)N1c1ccc(Br)cc1)c1ccccc1O2. The Balaban J connectivity index is 1.80. The molecule has 2 aromatic rings. The van der Waals surface area contributed by atoms with E-state index in [0.29, 0.717) is 5.11 Å². The van der Waals surface area contributed by atoms with Crippen LogP contribution in [0.5, 0.6) is 5.75 Å². The number of halogens is 1. The minimum Gasteiger partial charge on any atom is -0.467 e. The molecule has 3 nitrogen and oxygen atoms in total. The van der Waals surface area contributed by atoms with Crippen molar-refractivity contribution in [2.45, 2.75) is 25.1 Å². The number of thiocarbonyl (C=S) groups is 1. The van der Waals surface area contributed by atoms with Crippen molar-refractivity contribution < 1.29 is 4.74 Å². The number of benzene rings is 2. The van der Waals surface area contributed by atoms with Crippen molar-refractivity contribution in [1.29, 1.82) is 0 Å². The lowest BCUT2D eigenvalue weighted by molar-refractivity contribution is 0.0498. The lowest BCUT2D eigenvalue weighted by atomic mass is 9.90. The Morgan fingerprint density at radius 2 is 1.95 bits per heavy atom. The number of para-hydroxylation sites is 1. The highest BCUT2D eigenvalue weighted by atomic mass is 79.9. The zero-order chi connectivity index (χ0) is 15.3. The van der Waals surface area contributed by atoms with E-state index in [4.69, 9.17) is 17.0 Å². The van der Waals surface area contributed by atoms with Crippen molar-refractivity contribution in [3.8, 4) is 5.75 Å². The summed E-state index contributed by atoms with van der Waals surface area (Å²) in [5.74, 6) is 0.929.